The molecule has 0 saturated heterocycles. The molecule has 0 radical (unpaired) electrons. The highest BCUT2D eigenvalue weighted by Crippen LogP contribution is 2.35. The smallest absolute Gasteiger partial charge is 0.0546 e. The second-order valence-electron chi connectivity index (χ2n) is 4.93. The van der Waals surface area contributed by atoms with E-state index in [9.17, 15) is 5.11 Å². The van der Waals surface area contributed by atoms with Crippen molar-refractivity contribution in [3.05, 3.63) is 35.4 Å². The van der Waals surface area contributed by atoms with Crippen LogP contribution >= 0.6 is 0 Å². The van der Waals surface area contributed by atoms with Crippen molar-refractivity contribution >= 4 is 0 Å². The molecule has 1 aromatic carbocycles. The summed E-state index contributed by atoms with van der Waals surface area (Å²) in [5.41, 5.74) is 8.57. The summed E-state index contributed by atoms with van der Waals surface area (Å²) in [6, 6.07) is 8.47. The van der Waals surface area contributed by atoms with E-state index in [-0.39, 0.29) is 12.1 Å². The Kier molecular flexibility index (Phi) is 3.62. The predicted octanol–water partition coefficient (Wildman–Crippen LogP) is 2.72. The van der Waals surface area contributed by atoms with Crippen LogP contribution in [-0.4, -0.2) is 11.2 Å². The largest absolute Gasteiger partial charge is 0.393 e. The van der Waals surface area contributed by atoms with Crippen LogP contribution in [0.25, 0.3) is 0 Å². The molecule has 2 nitrogen and oxygen atoms in total. The number of nitrogens with two attached hydrogens (primary N) is 1. The van der Waals surface area contributed by atoms with Crippen molar-refractivity contribution in [2.24, 2.45) is 5.73 Å². The van der Waals surface area contributed by atoms with Gasteiger partial charge in [0.15, 0.2) is 0 Å². The Balaban J connectivity index is 2.25. The third-order valence-corrected chi connectivity index (χ3v) is 3.57. The normalized spacial score (nSPS) is 27.7. The molecule has 88 valence electrons. The summed E-state index contributed by atoms with van der Waals surface area (Å²) in [4.78, 5) is 0. The monoisotopic (exact) mass is 219 g/mol. The third kappa shape index (κ3) is 2.45. The molecule has 0 aromatic heterocycles. The summed E-state index contributed by atoms with van der Waals surface area (Å²) in [5.74, 6) is 0.492. The highest BCUT2D eigenvalue weighted by Gasteiger charge is 2.23. The van der Waals surface area contributed by atoms with Gasteiger partial charge in [-0.15, -0.1) is 0 Å². The minimum atomic E-state index is -0.125. The van der Waals surface area contributed by atoms with E-state index in [1.54, 1.807) is 0 Å². The van der Waals surface area contributed by atoms with Gasteiger partial charge in [-0.25, -0.2) is 0 Å². The zero-order chi connectivity index (χ0) is 11.5. The molecule has 0 amide bonds. The summed E-state index contributed by atoms with van der Waals surface area (Å²) >= 11 is 0. The molecule has 1 aliphatic carbocycles. The molecular weight excluding hydrogens is 198 g/mol. The zero-order valence-corrected chi connectivity index (χ0v) is 9.89. The van der Waals surface area contributed by atoms with Gasteiger partial charge in [0.25, 0.3) is 0 Å². The van der Waals surface area contributed by atoms with Gasteiger partial charge in [0.05, 0.1) is 6.10 Å². The van der Waals surface area contributed by atoms with Gasteiger partial charge in [0.2, 0.25) is 0 Å². The van der Waals surface area contributed by atoms with Crippen LogP contribution in [0.3, 0.4) is 0 Å². The van der Waals surface area contributed by atoms with Gasteiger partial charge in [-0.1, -0.05) is 30.7 Å². The lowest BCUT2D eigenvalue weighted by molar-refractivity contribution is 0.119. The van der Waals surface area contributed by atoms with Crippen molar-refractivity contribution in [3.63, 3.8) is 0 Å². The molecule has 1 fully saturated rings. The number of aliphatic hydroxyl groups excluding tert-OH is 1. The quantitative estimate of drug-likeness (QED) is 0.803. The van der Waals surface area contributed by atoms with Gasteiger partial charge in [-0.3, -0.25) is 0 Å². The summed E-state index contributed by atoms with van der Waals surface area (Å²) in [6.07, 6.45) is 4.03. The fraction of sp³-hybridized carbons (Fsp3) is 0.571. The van der Waals surface area contributed by atoms with Gasteiger partial charge < -0.3 is 10.8 Å². The molecule has 0 aliphatic heterocycles. The maximum absolute atomic E-state index is 9.74. The first-order valence-corrected chi connectivity index (χ1v) is 6.21. The lowest BCUT2D eigenvalue weighted by Gasteiger charge is -2.28. The summed E-state index contributed by atoms with van der Waals surface area (Å²) in [6.45, 7) is 2.03. The number of aliphatic hydroxyl groups is 1. The molecule has 0 spiro atoms. The van der Waals surface area contributed by atoms with E-state index < -0.39 is 0 Å². The Morgan fingerprint density at radius 1 is 1.31 bits per heavy atom. The van der Waals surface area contributed by atoms with Crippen LogP contribution in [0.2, 0.25) is 0 Å². The molecule has 0 bridgehead atoms. The van der Waals surface area contributed by atoms with Gasteiger partial charge >= 0.3 is 0 Å². The molecule has 3 atom stereocenters. The number of benzene rings is 1. The summed E-state index contributed by atoms with van der Waals surface area (Å²) in [5, 5.41) is 9.74. The molecule has 2 heteroatoms. The van der Waals surface area contributed by atoms with Crippen molar-refractivity contribution in [2.75, 3.05) is 0 Å². The van der Waals surface area contributed by atoms with Crippen LogP contribution in [0, 0.1) is 0 Å². The lowest BCUT2D eigenvalue weighted by atomic mass is 9.80. The van der Waals surface area contributed by atoms with Crippen LogP contribution < -0.4 is 5.73 Å². The van der Waals surface area contributed by atoms with E-state index in [0.717, 1.165) is 19.3 Å². The molecule has 16 heavy (non-hydrogen) atoms. The second kappa shape index (κ2) is 4.98. The average molecular weight is 219 g/mol. The predicted molar refractivity (Wildman–Crippen MR) is 66.3 cm³/mol. The number of rotatable bonds is 2. The number of hydrogen-bond donors (Lipinski definition) is 2. The van der Waals surface area contributed by atoms with E-state index in [1.807, 2.05) is 13.0 Å². The van der Waals surface area contributed by atoms with Gasteiger partial charge in [0.1, 0.15) is 0 Å². The molecular formula is C14H21NO. The molecule has 3 N–H and O–H groups in total. The summed E-state index contributed by atoms with van der Waals surface area (Å²) in [7, 11) is 0. The van der Waals surface area contributed by atoms with Crippen LogP contribution in [0.15, 0.2) is 24.3 Å². The van der Waals surface area contributed by atoms with Crippen molar-refractivity contribution < 1.29 is 5.11 Å². The minimum absolute atomic E-state index is 0.0790. The fourth-order valence-corrected chi connectivity index (χ4v) is 2.74. The van der Waals surface area contributed by atoms with Crippen LogP contribution in [0.4, 0.5) is 0 Å². The average Bonchev–Trinajstić information content (AvgIpc) is 2.29. The summed E-state index contributed by atoms with van der Waals surface area (Å²) < 4.78 is 0. The first-order valence-electron chi connectivity index (χ1n) is 6.21. The maximum atomic E-state index is 9.74. The van der Waals surface area contributed by atoms with Crippen molar-refractivity contribution in [1.82, 2.24) is 0 Å². The number of hydrogen-bond acceptors (Lipinski definition) is 2. The molecule has 3 unspecified atom stereocenters. The first-order chi connectivity index (χ1) is 7.68. The third-order valence-electron chi connectivity index (χ3n) is 3.57. The van der Waals surface area contributed by atoms with Gasteiger partial charge in [-0.2, -0.15) is 0 Å². The molecule has 1 aromatic rings. The Morgan fingerprint density at radius 3 is 2.75 bits per heavy atom. The van der Waals surface area contributed by atoms with Crippen LogP contribution in [-0.2, 0) is 0 Å². The minimum Gasteiger partial charge on any atom is -0.393 e. The molecule has 1 saturated carbocycles. The van der Waals surface area contributed by atoms with Gasteiger partial charge in [-0.05, 0) is 43.2 Å². The van der Waals surface area contributed by atoms with Crippen molar-refractivity contribution in [3.8, 4) is 0 Å². The van der Waals surface area contributed by atoms with Gasteiger partial charge in [0, 0.05) is 6.04 Å². The van der Waals surface area contributed by atoms with E-state index >= 15 is 0 Å². The fourth-order valence-electron chi connectivity index (χ4n) is 2.74. The SMILES string of the molecule is CC(N)c1ccccc1C1CCCC(O)C1. The van der Waals surface area contributed by atoms with Crippen LogP contribution in [0.1, 0.15) is 55.7 Å². The van der Waals surface area contributed by atoms with E-state index in [1.165, 1.54) is 17.5 Å². The van der Waals surface area contributed by atoms with E-state index in [4.69, 9.17) is 5.73 Å². The Bertz CT molecular complexity index is 348. The first kappa shape index (κ1) is 11.6. The van der Waals surface area contributed by atoms with Crippen molar-refractivity contribution in [2.45, 2.75) is 50.7 Å². The Morgan fingerprint density at radius 2 is 2.06 bits per heavy atom. The second-order valence-corrected chi connectivity index (χ2v) is 4.93. The molecule has 1 aliphatic rings. The lowest BCUT2D eigenvalue weighted by Crippen LogP contribution is -2.20. The van der Waals surface area contributed by atoms with Crippen molar-refractivity contribution in [1.29, 1.82) is 0 Å². The van der Waals surface area contributed by atoms with Crippen LogP contribution in [0.5, 0.6) is 0 Å². The Labute approximate surface area is 97.5 Å². The maximum Gasteiger partial charge on any atom is 0.0546 e. The standard InChI is InChI=1S/C14H21NO/c1-10(15)13-7-2-3-8-14(13)11-5-4-6-12(16)9-11/h2-3,7-8,10-12,16H,4-6,9,15H2,1H3. The highest BCUT2D eigenvalue weighted by molar-refractivity contribution is 5.33. The molecule has 0 heterocycles. The zero-order valence-electron chi connectivity index (χ0n) is 9.89. The van der Waals surface area contributed by atoms with E-state index in [2.05, 4.69) is 18.2 Å². The Hall–Kier alpha value is -0.860. The topological polar surface area (TPSA) is 46.2 Å². The van der Waals surface area contributed by atoms with E-state index in [0.29, 0.717) is 5.92 Å². The molecule has 2 rings (SSSR count). The highest BCUT2D eigenvalue weighted by atomic mass is 16.3.